The molecule has 19 heavy (non-hydrogen) atoms. The second-order valence-corrected chi connectivity index (χ2v) is 4.91. The van der Waals surface area contributed by atoms with Gasteiger partial charge in [0, 0.05) is 38.4 Å². The van der Waals surface area contributed by atoms with Gasteiger partial charge in [-0.15, -0.1) is 0 Å². The first-order chi connectivity index (χ1) is 9.13. The summed E-state index contributed by atoms with van der Waals surface area (Å²) in [6.07, 6.45) is 2.95. The van der Waals surface area contributed by atoms with Crippen LogP contribution in [0.15, 0.2) is 6.20 Å². The maximum atomic E-state index is 12.2. The van der Waals surface area contributed by atoms with Gasteiger partial charge in [0.15, 0.2) is 0 Å². The molecule has 0 aliphatic carbocycles. The van der Waals surface area contributed by atoms with E-state index in [1.807, 2.05) is 20.2 Å². The highest BCUT2D eigenvalue weighted by atomic mass is 16.5. The van der Waals surface area contributed by atoms with Gasteiger partial charge >= 0.3 is 5.97 Å². The van der Waals surface area contributed by atoms with Gasteiger partial charge in [0.1, 0.15) is 6.04 Å². The van der Waals surface area contributed by atoms with Crippen LogP contribution in [0.25, 0.3) is 0 Å². The Kier molecular flexibility index (Phi) is 4.55. The van der Waals surface area contributed by atoms with Crippen molar-refractivity contribution >= 4 is 5.97 Å². The summed E-state index contributed by atoms with van der Waals surface area (Å²) in [6, 6.07) is -0.349. The van der Waals surface area contributed by atoms with Gasteiger partial charge in [-0.1, -0.05) is 0 Å². The van der Waals surface area contributed by atoms with Crippen LogP contribution in [0, 0.1) is 6.92 Å². The zero-order chi connectivity index (χ0) is 13.8. The van der Waals surface area contributed by atoms with Crippen molar-refractivity contribution in [2.75, 3.05) is 33.3 Å². The van der Waals surface area contributed by atoms with E-state index in [-0.39, 0.29) is 12.0 Å². The van der Waals surface area contributed by atoms with Crippen LogP contribution in [0.5, 0.6) is 0 Å². The number of hydrogen-bond acceptors (Lipinski definition) is 5. The first kappa shape index (κ1) is 14.0. The van der Waals surface area contributed by atoms with Gasteiger partial charge in [-0.05, 0) is 19.9 Å². The van der Waals surface area contributed by atoms with Crippen molar-refractivity contribution in [3.63, 3.8) is 0 Å². The van der Waals surface area contributed by atoms with E-state index in [0.29, 0.717) is 0 Å². The summed E-state index contributed by atoms with van der Waals surface area (Å²) in [5, 5.41) is 7.68. The molecule has 106 valence electrons. The van der Waals surface area contributed by atoms with Gasteiger partial charge in [-0.25, -0.2) is 4.79 Å². The number of carbonyl (C=O) groups excluding carboxylic acids is 1. The molecule has 1 saturated heterocycles. The fourth-order valence-corrected chi connectivity index (χ4v) is 2.60. The molecule has 0 saturated carbocycles. The number of hydrogen-bond donors (Lipinski definition) is 1. The number of esters is 1. The highest BCUT2D eigenvalue weighted by molar-refractivity contribution is 5.77. The van der Waals surface area contributed by atoms with E-state index in [2.05, 4.69) is 15.3 Å². The van der Waals surface area contributed by atoms with E-state index >= 15 is 0 Å². The molecule has 6 heteroatoms. The maximum absolute atomic E-state index is 12.2. The first-order valence-electron chi connectivity index (χ1n) is 6.66. The van der Waals surface area contributed by atoms with Crippen molar-refractivity contribution in [1.82, 2.24) is 20.0 Å². The van der Waals surface area contributed by atoms with Crippen LogP contribution in [0.4, 0.5) is 0 Å². The Hall–Kier alpha value is -1.40. The Bertz CT molecular complexity index is 436. The summed E-state index contributed by atoms with van der Waals surface area (Å²) in [7, 11) is 3.31. The molecule has 1 aromatic heterocycles. The molecule has 0 bridgehead atoms. The molecule has 1 aliphatic heterocycles. The third kappa shape index (κ3) is 3.13. The molecule has 1 N–H and O–H groups in total. The summed E-state index contributed by atoms with van der Waals surface area (Å²) in [5.41, 5.74) is 1.83. The number of nitrogens with zero attached hydrogens (tertiary/aromatic N) is 3. The van der Waals surface area contributed by atoms with Crippen molar-refractivity contribution in [3.05, 3.63) is 17.5 Å². The minimum absolute atomic E-state index is 0.210. The number of ether oxygens (including phenoxy) is 1. The first-order valence-corrected chi connectivity index (χ1v) is 6.66. The van der Waals surface area contributed by atoms with E-state index in [1.165, 1.54) is 7.11 Å². The topological polar surface area (TPSA) is 59.4 Å². The number of nitrogens with one attached hydrogen (secondary N) is 1. The highest BCUT2D eigenvalue weighted by Gasteiger charge is 2.31. The quantitative estimate of drug-likeness (QED) is 0.794. The summed E-state index contributed by atoms with van der Waals surface area (Å²) in [6.45, 7) is 5.56. The molecule has 1 atom stereocenters. The van der Waals surface area contributed by atoms with Gasteiger partial charge in [-0.3, -0.25) is 9.58 Å². The van der Waals surface area contributed by atoms with Crippen molar-refractivity contribution in [2.24, 2.45) is 7.05 Å². The van der Waals surface area contributed by atoms with Crippen molar-refractivity contribution in [2.45, 2.75) is 19.4 Å². The molecule has 1 aromatic rings. The minimum atomic E-state index is -0.349. The van der Waals surface area contributed by atoms with E-state index < -0.39 is 0 Å². The second-order valence-electron chi connectivity index (χ2n) is 4.91. The Morgan fingerprint density at radius 1 is 1.47 bits per heavy atom. The van der Waals surface area contributed by atoms with Crippen molar-refractivity contribution in [3.8, 4) is 0 Å². The Labute approximate surface area is 113 Å². The lowest BCUT2D eigenvalue weighted by Crippen LogP contribution is -2.37. The fourth-order valence-electron chi connectivity index (χ4n) is 2.60. The minimum Gasteiger partial charge on any atom is -0.468 e. The molecule has 0 radical (unpaired) electrons. The normalized spacial score (nSPS) is 18.9. The molecule has 2 rings (SSSR count). The van der Waals surface area contributed by atoms with Crippen molar-refractivity contribution < 1.29 is 9.53 Å². The number of methoxy groups -OCH3 is 1. The molecule has 1 fully saturated rings. The smallest absolute Gasteiger partial charge is 0.327 e. The van der Waals surface area contributed by atoms with Gasteiger partial charge in [0.2, 0.25) is 0 Å². The maximum Gasteiger partial charge on any atom is 0.327 e. The van der Waals surface area contributed by atoms with Gasteiger partial charge in [0.05, 0.1) is 12.8 Å². The Morgan fingerprint density at radius 2 is 2.26 bits per heavy atom. The lowest BCUT2D eigenvalue weighted by molar-refractivity contribution is -0.147. The van der Waals surface area contributed by atoms with Gasteiger partial charge in [0.25, 0.3) is 0 Å². The predicted molar refractivity (Wildman–Crippen MR) is 71.8 cm³/mol. The molecule has 1 aliphatic rings. The average molecular weight is 266 g/mol. The zero-order valence-electron chi connectivity index (χ0n) is 11.8. The lowest BCUT2D eigenvalue weighted by atomic mass is 10.1. The molecule has 1 unspecified atom stereocenters. The number of rotatable bonds is 3. The van der Waals surface area contributed by atoms with Crippen LogP contribution in [0.3, 0.4) is 0 Å². The summed E-state index contributed by atoms with van der Waals surface area (Å²) in [4.78, 5) is 14.3. The van der Waals surface area contributed by atoms with E-state index in [9.17, 15) is 4.79 Å². The van der Waals surface area contributed by atoms with Crippen LogP contribution < -0.4 is 5.32 Å². The average Bonchev–Trinajstić information content (AvgIpc) is 2.60. The van der Waals surface area contributed by atoms with E-state index in [0.717, 1.165) is 43.9 Å². The standard InChI is InChI=1S/C13H22N4O2/c1-10-11(9-16(2)15-10)12(13(18)19-3)17-7-4-5-14-6-8-17/h9,12,14H,4-8H2,1-3H3. The van der Waals surface area contributed by atoms with Crippen molar-refractivity contribution in [1.29, 1.82) is 0 Å². The third-order valence-electron chi connectivity index (χ3n) is 3.51. The van der Waals surface area contributed by atoms with Crippen LogP contribution in [-0.4, -0.2) is 53.9 Å². The van der Waals surface area contributed by atoms with E-state index in [1.54, 1.807) is 4.68 Å². The predicted octanol–water partition coefficient (Wildman–Crippen LogP) is 0.238. The number of aryl methyl sites for hydroxylation is 2. The number of aromatic nitrogens is 2. The molecule has 2 heterocycles. The highest BCUT2D eigenvalue weighted by Crippen LogP contribution is 2.25. The number of carbonyl (C=O) groups is 1. The van der Waals surface area contributed by atoms with Crippen LogP contribution in [0.1, 0.15) is 23.7 Å². The zero-order valence-corrected chi connectivity index (χ0v) is 11.8. The largest absolute Gasteiger partial charge is 0.468 e. The van der Waals surface area contributed by atoms with Crippen LogP contribution in [-0.2, 0) is 16.6 Å². The summed E-state index contributed by atoms with van der Waals surface area (Å²) < 4.78 is 6.73. The second kappa shape index (κ2) is 6.16. The summed E-state index contributed by atoms with van der Waals surface area (Å²) >= 11 is 0. The lowest BCUT2D eigenvalue weighted by Gasteiger charge is -2.27. The molecular formula is C13H22N4O2. The molecular weight excluding hydrogens is 244 g/mol. The monoisotopic (exact) mass is 266 g/mol. The van der Waals surface area contributed by atoms with Gasteiger partial charge in [-0.2, -0.15) is 5.10 Å². The van der Waals surface area contributed by atoms with E-state index in [4.69, 9.17) is 4.74 Å². The molecule has 0 spiro atoms. The molecule has 0 amide bonds. The molecule has 6 nitrogen and oxygen atoms in total. The Balaban J connectivity index is 2.29. The van der Waals surface area contributed by atoms with Crippen LogP contribution in [0.2, 0.25) is 0 Å². The Morgan fingerprint density at radius 3 is 2.89 bits per heavy atom. The fraction of sp³-hybridized carbons (Fsp3) is 0.692. The SMILES string of the molecule is COC(=O)C(c1cn(C)nc1C)N1CCCNCC1. The van der Waals surface area contributed by atoms with Gasteiger partial charge < -0.3 is 10.1 Å². The summed E-state index contributed by atoms with van der Waals surface area (Å²) in [5.74, 6) is -0.210. The van der Waals surface area contributed by atoms with Crippen LogP contribution >= 0.6 is 0 Å². The molecule has 0 aromatic carbocycles. The third-order valence-corrected chi connectivity index (χ3v) is 3.51.